The van der Waals surface area contributed by atoms with Crippen molar-refractivity contribution in [3.63, 3.8) is 0 Å². The fourth-order valence-electron chi connectivity index (χ4n) is 2.30. The van der Waals surface area contributed by atoms with Crippen molar-refractivity contribution in [2.45, 2.75) is 71.1 Å². The van der Waals surface area contributed by atoms with E-state index in [0.29, 0.717) is 0 Å². The van der Waals surface area contributed by atoms with Crippen LogP contribution in [0.1, 0.15) is 71.1 Å². The molecule has 0 heterocycles. The van der Waals surface area contributed by atoms with Crippen molar-refractivity contribution in [3.8, 4) is 0 Å². The number of nitrogens with one attached hydrogen (secondary N) is 1. The van der Waals surface area contributed by atoms with Crippen LogP contribution < -0.4 is 11.1 Å². The number of nitrogens with two attached hydrogens (primary N) is 1. The smallest absolute Gasteiger partial charge is 0.00745 e. The zero-order valence-corrected chi connectivity index (χ0v) is 15.9. The van der Waals surface area contributed by atoms with Crippen molar-refractivity contribution in [1.29, 1.82) is 0 Å². The van der Waals surface area contributed by atoms with Crippen molar-refractivity contribution in [1.82, 2.24) is 5.32 Å². The van der Waals surface area contributed by atoms with Gasteiger partial charge in [0.15, 0.2) is 0 Å². The van der Waals surface area contributed by atoms with E-state index < -0.39 is 0 Å². The molecular formula is C22H40N2. The highest BCUT2D eigenvalue weighted by molar-refractivity contribution is 4.99. The second-order valence-electron chi connectivity index (χ2n) is 6.12. The summed E-state index contributed by atoms with van der Waals surface area (Å²) in [4.78, 5) is 0. The molecule has 24 heavy (non-hydrogen) atoms. The molecule has 0 aromatic rings. The molecule has 0 aliphatic rings. The molecule has 2 nitrogen and oxygen atoms in total. The van der Waals surface area contributed by atoms with Crippen LogP contribution >= 0.6 is 0 Å². The Morgan fingerprint density at radius 1 is 0.625 bits per heavy atom. The third-order valence-corrected chi connectivity index (χ3v) is 3.75. The third kappa shape index (κ3) is 20.9. The number of hydrogen-bond donors (Lipinski definition) is 2. The van der Waals surface area contributed by atoms with Crippen LogP contribution in [0.15, 0.2) is 48.6 Å². The van der Waals surface area contributed by atoms with E-state index in [-0.39, 0.29) is 0 Å². The molecule has 0 rings (SSSR count). The Bertz CT molecular complexity index is 340. The maximum absolute atomic E-state index is 5.42. The Morgan fingerprint density at radius 3 is 1.62 bits per heavy atom. The average Bonchev–Trinajstić information content (AvgIpc) is 2.60. The molecule has 2 heteroatoms. The summed E-state index contributed by atoms with van der Waals surface area (Å²) in [6.45, 7) is 5.01. The largest absolute Gasteiger partial charge is 0.329 e. The van der Waals surface area contributed by atoms with E-state index >= 15 is 0 Å². The molecule has 0 aliphatic carbocycles. The normalized spacial score (nSPS) is 12.6. The van der Waals surface area contributed by atoms with Crippen molar-refractivity contribution in [2.24, 2.45) is 5.73 Å². The minimum atomic E-state index is 0.733. The monoisotopic (exact) mass is 332 g/mol. The van der Waals surface area contributed by atoms with Gasteiger partial charge in [0.2, 0.25) is 0 Å². The second-order valence-corrected chi connectivity index (χ2v) is 6.12. The summed E-state index contributed by atoms with van der Waals surface area (Å²) in [5.41, 5.74) is 5.42. The number of unbranched alkanes of at least 4 members (excludes halogenated alkanes) is 5. The molecule has 0 atom stereocenters. The Labute approximate surface area is 151 Å². The highest BCUT2D eigenvalue weighted by Crippen LogP contribution is 2.01. The molecule has 0 aliphatic heterocycles. The fourth-order valence-corrected chi connectivity index (χ4v) is 2.30. The summed E-state index contributed by atoms with van der Waals surface area (Å²) in [6.07, 6.45) is 30.3. The lowest BCUT2D eigenvalue weighted by Gasteiger charge is -2.00. The van der Waals surface area contributed by atoms with Gasteiger partial charge >= 0.3 is 0 Å². The van der Waals surface area contributed by atoms with Gasteiger partial charge in [-0.25, -0.2) is 0 Å². The standard InChI is InChI=1S/C22H40N2/c1-2-3-4-5-6-7-8-9-10-11-12-13-14-15-16-17-18-19-21-24-22-20-23/h6-7,9-10,12-13,15-16,24H,2-5,8,11,14,17-23H2,1H3/b7-6-,10-9-,13-12-,16-15-. The van der Waals surface area contributed by atoms with Gasteiger partial charge < -0.3 is 11.1 Å². The average molecular weight is 333 g/mol. The van der Waals surface area contributed by atoms with Gasteiger partial charge in [0.1, 0.15) is 0 Å². The van der Waals surface area contributed by atoms with Crippen molar-refractivity contribution < 1.29 is 0 Å². The SMILES string of the molecule is CCCCC/C=C\C/C=C\C/C=C\C/C=C\CCCCNCCN. The molecule has 0 saturated carbocycles. The molecule has 0 saturated heterocycles. The number of allylic oxidation sites excluding steroid dienone is 8. The summed E-state index contributed by atoms with van der Waals surface area (Å²) >= 11 is 0. The molecule has 0 radical (unpaired) electrons. The summed E-state index contributed by atoms with van der Waals surface area (Å²) in [5.74, 6) is 0. The van der Waals surface area contributed by atoms with Crippen molar-refractivity contribution in [3.05, 3.63) is 48.6 Å². The molecule has 0 fully saturated rings. The lowest BCUT2D eigenvalue weighted by atomic mass is 10.2. The van der Waals surface area contributed by atoms with Crippen LogP contribution in [0, 0.1) is 0 Å². The van der Waals surface area contributed by atoms with Gasteiger partial charge in [0.05, 0.1) is 0 Å². The van der Waals surface area contributed by atoms with Crippen molar-refractivity contribution >= 4 is 0 Å². The first-order chi connectivity index (χ1) is 11.9. The molecule has 0 amide bonds. The summed E-state index contributed by atoms with van der Waals surface area (Å²) in [6, 6.07) is 0. The van der Waals surface area contributed by atoms with E-state index in [1.165, 1.54) is 44.9 Å². The predicted molar refractivity (Wildman–Crippen MR) is 110 cm³/mol. The Morgan fingerprint density at radius 2 is 1.12 bits per heavy atom. The lowest BCUT2D eigenvalue weighted by Crippen LogP contribution is -2.23. The van der Waals surface area contributed by atoms with Gasteiger partial charge in [-0.2, -0.15) is 0 Å². The van der Waals surface area contributed by atoms with Crippen LogP contribution in [-0.2, 0) is 0 Å². The van der Waals surface area contributed by atoms with E-state index in [2.05, 4.69) is 60.8 Å². The zero-order chi connectivity index (χ0) is 17.6. The van der Waals surface area contributed by atoms with Crippen LogP contribution in [0.4, 0.5) is 0 Å². The topological polar surface area (TPSA) is 38.0 Å². The minimum absolute atomic E-state index is 0.733. The summed E-state index contributed by atoms with van der Waals surface area (Å²) < 4.78 is 0. The second kappa shape index (κ2) is 21.9. The first kappa shape index (κ1) is 22.9. The predicted octanol–water partition coefficient (Wildman–Crippen LogP) is 5.68. The maximum Gasteiger partial charge on any atom is 0.00745 e. The number of rotatable bonds is 17. The Kier molecular flexibility index (Phi) is 20.9. The number of hydrogen-bond acceptors (Lipinski definition) is 2. The van der Waals surface area contributed by atoms with E-state index in [1.54, 1.807) is 0 Å². The van der Waals surface area contributed by atoms with Crippen molar-refractivity contribution in [2.75, 3.05) is 19.6 Å². The molecule has 0 aromatic carbocycles. The van der Waals surface area contributed by atoms with E-state index in [9.17, 15) is 0 Å². The van der Waals surface area contributed by atoms with Crippen LogP contribution in [0.3, 0.4) is 0 Å². The van der Waals surface area contributed by atoms with Gasteiger partial charge in [-0.15, -0.1) is 0 Å². The highest BCUT2D eigenvalue weighted by Gasteiger charge is 1.86. The fraction of sp³-hybridized carbons (Fsp3) is 0.636. The molecular weight excluding hydrogens is 292 g/mol. The van der Waals surface area contributed by atoms with Gasteiger partial charge in [-0.05, 0) is 57.9 Å². The first-order valence-electron chi connectivity index (χ1n) is 9.92. The lowest BCUT2D eigenvalue weighted by molar-refractivity contribution is 0.631. The summed E-state index contributed by atoms with van der Waals surface area (Å²) in [5, 5.41) is 3.32. The highest BCUT2D eigenvalue weighted by atomic mass is 14.9. The van der Waals surface area contributed by atoms with Crippen LogP contribution in [0.2, 0.25) is 0 Å². The zero-order valence-electron chi connectivity index (χ0n) is 15.9. The molecule has 0 aromatic heterocycles. The molecule has 0 bridgehead atoms. The quantitative estimate of drug-likeness (QED) is 0.265. The van der Waals surface area contributed by atoms with E-state index in [1.807, 2.05) is 0 Å². The van der Waals surface area contributed by atoms with E-state index in [4.69, 9.17) is 5.73 Å². The van der Waals surface area contributed by atoms with Crippen LogP contribution in [0.25, 0.3) is 0 Å². The Balaban J connectivity index is 3.33. The molecule has 0 unspecified atom stereocenters. The Hall–Kier alpha value is -1.12. The van der Waals surface area contributed by atoms with Crippen LogP contribution in [-0.4, -0.2) is 19.6 Å². The minimum Gasteiger partial charge on any atom is -0.329 e. The third-order valence-electron chi connectivity index (χ3n) is 3.75. The van der Waals surface area contributed by atoms with Crippen LogP contribution in [0.5, 0.6) is 0 Å². The first-order valence-corrected chi connectivity index (χ1v) is 9.92. The molecule has 0 spiro atoms. The van der Waals surface area contributed by atoms with Gasteiger partial charge in [-0.3, -0.25) is 0 Å². The maximum atomic E-state index is 5.42. The van der Waals surface area contributed by atoms with Gasteiger partial charge in [-0.1, -0.05) is 68.4 Å². The van der Waals surface area contributed by atoms with E-state index in [0.717, 1.165) is 38.9 Å². The molecule has 138 valence electrons. The summed E-state index contributed by atoms with van der Waals surface area (Å²) in [7, 11) is 0. The molecule has 3 N–H and O–H groups in total. The van der Waals surface area contributed by atoms with Gasteiger partial charge in [0.25, 0.3) is 0 Å². The van der Waals surface area contributed by atoms with Gasteiger partial charge in [0, 0.05) is 13.1 Å².